The number of aromatic nitrogens is 3. The van der Waals surface area contributed by atoms with Crippen molar-refractivity contribution in [3.05, 3.63) is 41.6 Å². The molecule has 3 aliphatic rings. The molecule has 2 atom stereocenters. The van der Waals surface area contributed by atoms with Crippen molar-refractivity contribution < 1.29 is 18.9 Å². The Morgan fingerprint density at radius 2 is 1.90 bits per heavy atom. The summed E-state index contributed by atoms with van der Waals surface area (Å²) in [6, 6.07) is 4.02. The van der Waals surface area contributed by atoms with Gasteiger partial charge in [0.15, 0.2) is 5.79 Å². The van der Waals surface area contributed by atoms with E-state index in [1.54, 1.807) is 13.3 Å². The van der Waals surface area contributed by atoms with Gasteiger partial charge in [0.25, 0.3) is 0 Å². The van der Waals surface area contributed by atoms with E-state index in [2.05, 4.69) is 21.0 Å². The van der Waals surface area contributed by atoms with Gasteiger partial charge < -0.3 is 18.9 Å². The summed E-state index contributed by atoms with van der Waals surface area (Å²) < 4.78 is 23.2. The molecular formula is C23H29N3O4. The Hall–Kier alpha value is -2.25. The summed E-state index contributed by atoms with van der Waals surface area (Å²) >= 11 is 0. The van der Waals surface area contributed by atoms with E-state index in [0.29, 0.717) is 37.6 Å². The van der Waals surface area contributed by atoms with E-state index in [4.69, 9.17) is 18.9 Å². The third-order valence-electron chi connectivity index (χ3n) is 6.63. The number of nitrogens with zero attached hydrogens (tertiary/aromatic N) is 3. The second kappa shape index (κ2) is 8.12. The summed E-state index contributed by atoms with van der Waals surface area (Å²) in [4.78, 5) is 13.6. The highest BCUT2D eigenvalue weighted by molar-refractivity contribution is 5.29. The smallest absolute Gasteiger partial charge is 0.220 e. The molecule has 0 radical (unpaired) electrons. The van der Waals surface area contributed by atoms with Crippen LogP contribution in [0.25, 0.3) is 0 Å². The van der Waals surface area contributed by atoms with E-state index in [9.17, 15) is 0 Å². The molecule has 7 heteroatoms. The molecule has 0 N–H and O–H groups in total. The largest absolute Gasteiger partial charge is 0.495 e. The molecule has 0 amide bonds. The third kappa shape index (κ3) is 4.01. The molecular weight excluding hydrogens is 382 g/mol. The Balaban J connectivity index is 1.21. The van der Waals surface area contributed by atoms with E-state index < -0.39 is 0 Å². The van der Waals surface area contributed by atoms with E-state index in [1.807, 2.05) is 19.2 Å². The first-order valence-corrected chi connectivity index (χ1v) is 10.9. The number of aryl methyl sites for hydroxylation is 1. The minimum atomic E-state index is -0.352. The van der Waals surface area contributed by atoms with Crippen LogP contribution in [0.3, 0.4) is 0 Å². The van der Waals surface area contributed by atoms with Crippen molar-refractivity contribution in [2.75, 3.05) is 26.9 Å². The van der Waals surface area contributed by atoms with Gasteiger partial charge in [0.1, 0.15) is 11.6 Å². The summed E-state index contributed by atoms with van der Waals surface area (Å²) in [6.45, 7) is 3.98. The zero-order chi connectivity index (χ0) is 20.6. The van der Waals surface area contributed by atoms with Crippen molar-refractivity contribution in [3.8, 4) is 11.6 Å². The zero-order valence-electron chi connectivity index (χ0n) is 17.7. The second-order valence-corrected chi connectivity index (χ2v) is 8.60. The Bertz CT molecular complexity index is 873. The SMILES string of the molecule is COc1ccc([C@H]2C[C@@H]2COc2nc(C)ncc2C2CCC3(CC2)OCCO3)nc1. The Morgan fingerprint density at radius 3 is 2.60 bits per heavy atom. The third-order valence-corrected chi connectivity index (χ3v) is 6.63. The lowest BCUT2D eigenvalue weighted by Gasteiger charge is -2.35. The normalized spacial score (nSPS) is 25.4. The second-order valence-electron chi connectivity index (χ2n) is 8.60. The lowest BCUT2D eigenvalue weighted by Crippen LogP contribution is -2.34. The van der Waals surface area contributed by atoms with Crippen LogP contribution in [0.1, 0.15) is 61.0 Å². The maximum absolute atomic E-state index is 6.24. The standard InChI is InChI=1S/C23H29N3O4/c1-15-24-13-20(16-5-7-23(8-6-16)29-9-10-30-23)22(26-15)28-14-17-11-19(17)21-4-3-18(27-2)12-25-21/h3-4,12-13,16-17,19H,5-11,14H2,1-2H3/t17-,19+/m1/s1. The molecule has 160 valence electrons. The van der Waals surface area contributed by atoms with Crippen molar-refractivity contribution in [2.45, 2.75) is 56.7 Å². The van der Waals surface area contributed by atoms with Gasteiger partial charge in [0.2, 0.25) is 5.88 Å². The first-order valence-electron chi connectivity index (χ1n) is 10.9. The van der Waals surface area contributed by atoms with Gasteiger partial charge in [0.05, 0.1) is 33.1 Å². The Kier molecular flexibility index (Phi) is 5.33. The summed E-state index contributed by atoms with van der Waals surface area (Å²) in [5.41, 5.74) is 2.23. The van der Waals surface area contributed by atoms with Gasteiger partial charge in [-0.3, -0.25) is 4.98 Å². The van der Waals surface area contributed by atoms with Crippen LogP contribution in [-0.4, -0.2) is 47.7 Å². The zero-order valence-corrected chi connectivity index (χ0v) is 17.7. The highest BCUT2D eigenvalue weighted by atomic mass is 16.7. The van der Waals surface area contributed by atoms with E-state index >= 15 is 0 Å². The molecule has 3 fully saturated rings. The monoisotopic (exact) mass is 411 g/mol. The number of rotatable bonds is 6. The van der Waals surface area contributed by atoms with Crippen molar-refractivity contribution in [1.82, 2.24) is 15.0 Å². The minimum absolute atomic E-state index is 0.352. The molecule has 0 bridgehead atoms. The minimum Gasteiger partial charge on any atom is -0.495 e. The van der Waals surface area contributed by atoms with E-state index in [1.165, 1.54) is 0 Å². The highest BCUT2D eigenvalue weighted by Crippen LogP contribution is 2.48. The molecule has 7 nitrogen and oxygen atoms in total. The molecule has 5 rings (SSSR count). The Morgan fingerprint density at radius 1 is 1.10 bits per heavy atom. The van der Waals surface area contributed by atoms with Crippen LogP contribution in [0.5, 0.6) is 11.6 Å². The average Bonchev–Trinajstić information content (AvgIpc) is 3.43. The average molecular weight is 412 g/mol. The molecule has 2 aromatic rings. The van der Waals surface area contributed by atoms with Crippen LogP contribution < -0.4 is 9.47 Å². The number of hydrogen-bond acceptors (Lipinski definition) is 7. The molecule has 2 aromatic heterocycles. The highest BCUT2D eigenvalue weighted by Gasteiger charge is 2.42. The molecule has 0 unspecified atom stereocenters. The van der Waals surface area contributed by atoms with Crippen molar-refractivity contribution in [2.24, 2.45) is 5.92 Å². The first kappa shape index (κ1) is 19.7. The quantitative estimate of drug-likeness (QED) is 0.716. The number of ether oxygens (including phenoxy) is 4. The molecule has 1 spiro atoms. The maximum Gasteiger partial charge on any atom is 0.220 e. The van der Waals surface area contributed by atoms with Gasteiger partial charge in [-0.05, 0) is 44.2 Å². The van der Waals surface area contributed by atoms with Crippen molar-refractivity contribution in [1.29, 1.82) is 0 Å². The fourth-order valence-corrected chi connectivity index (χ4v) is 4.72. The van der Waals surface area contributed by atoms with Crippen LogP contribution in [0.4, 0.5) is 0 Å². The Labute approximate surface area is 177 Å². The predicted octanol–water partition coefficient (Wildman–Crippen LogP) is 3.77. The van der Waals surface area contributed by atoms with Crippen LogP contribution >= 0.6 is 0 Å². The fraction of sp³-hybridized carbons (Fsp3) is 0.609. The van der Waals surface area contributed by atoms with Gasteiger partial charge >= 0.3 is 0 Å². The number of methoxy groups -OCH3 is 1. The lowest BCUT2D eigenvalue weighted by molar-refractivity contribution is -0.178. The molecule has 3 heterocycles. The van der Waals surface area contributed by atoms with Crippen molar-refractivity contribution in [3.63, 3.8) is 0 Å². The van der Waals surface area contributed by atoms with Crippen molar-refractivity contribution >= 4 is 0 Å². The van der Waals surface area contributed by atoms with Crippen LogP contribution in [-0.2, 0) is 9.47 Å². The molecule has 2 saturated carbocycles. The summed E-state index contributed by atoms with van der Waals surface area (Å²) in [5.74, 6) is 3.23. The summed E-state index contributed by atoms with van der Waals surface area (Å²) in [7, 11) is 1.66. The van der Waals surface area contributed by atoms with E-state index in [-0.39, 0.29) is 5.79 Å². The first-order chi connectivity index (χ1) is 14.7. The fourth-order valence-electron chi connectivity index (χ4n) is 4.72. The molecule has 0 aromatic carbocycles. The molecule has 1 aliphatic heterocycles. The van der Waals surface area contributed by atoms with Crippen LogP contribution in [0.2, 0.25) is 0 Å². The molecule has 2 aliphatic carbocycles. The summed E-state index contributed by atoms with van der Waals surface area (Å²) in [5, 5.41) is 0. The summed E-state index contributed by atoms with van der Waals surface area (Å²) in [6.07, 6.45) is 8.67. The van der Waals surface area contributed by atoms with Gasteiger partial charge in [0, 0.05) is 42.1 Å². The van der Waals surface area contributed by atoms with Gasteiger partial charge in [-0.2, -0.15) is 4.98 Å². The molecule has 30 heavy (non-hydrogen) atoms. The van der Waals surface area contributed by atoms with Gasteiger partial charge in [-0.1, -0.05) is 0 Å². The topological polar surface area (TPSA) is 75.6 Å². The van der Waals surface area contributed by atoms with Crippen LogP contribution in [0.15, 0.2) is 24.5 Å². The van der Waals surface area contributed by atoms with Gasteiger partial charge in [-0.25, -0.2) is 4.98 Å². The van der Waals surface area contributed by atoms with Gasteiger partial charge in [-0.15, -0.1) is 0 Å². The predicted molar refractivity (Wildman–Crippen MR) is 110 cm³/mol. The maximum atomic E-state index is 6.24. The number of pyridine rings is 1. The lowest BCUT2D eigenvalue weighted by atomic mass is 9.81. The molecule has 1 saturated heterocycles. The van der Waals surface area contributed by atoms with E-state index in [0.717, 1.165) is 60.8 Å². The van der Waals surface area contributed by atoms with Crippen LogP contribution in [0, 0.1) is 12.8 Å². The number of hydrogen-bond donors (Lipinski definition) is 0.